The van der Waals surface area contributed by atoms with Crippen molar-refractivity contribution in [3.63, 3.8) is 0 Å². The zero-order valence-electron chi connectivity index (χ0n) is 14.6. The van der Waals surface area contributed by atoms with Gasteiger partial charge in [-0.05, 0) is 42.7 Å². The lowest BCUT2D eigenvalue weighted by molar-refractivity contribution is -0.130. The molecule has 1 saturated heterocycles. The number of rotatable bonds is 4. The maximum absolute atomic E-state index is 12.4. The molecule has 27 heavy (non-hydrogen) atoms. The van der Waals surface area contributed by atoms with Crippen LogP contribution in [0.5, 0.6) is 0 Å². The highest BCUT2D eigenvalue weighted by atomic mass is 79.9. The normalized spacial score (nSPS) is 15.1. The second kappa shape index (κ2) is 9.15. The van der Waals surface area contributed by atoms with Crippen LogP contribution < -0.4 is 5.32 Å². The number of hydrogen-bond donors (Lipinski definition) is 1. The second-order valence-electron chi connectivity index (χ2n) is 6.31. The number of carbonyl (C=O) groups excluding carboxylic acids is 2. The monoisotopic (exact) mass is 447 g/mol. The topological polar surface area (TPSA) is 62.3 Å². The van der Waals surface area contributed by atoms with Crippen LogP contribution >= 0.6 is 27.5 Å². The molecule has 0 atom stereocenters. The van der Waals surface area contributed by atoms with E-state index in [1.54, 1.807) is 29.2 Å². The summed E-state index contributed by atoms with van der Waals surface area (Å²) in [7, 11) is 0. The van der Waals surface area contributed by atoms with Crippen LogP contribution in [0, 0.1) is 5.92 Å². The van der Waals surface area contributed by atoms with E-state index in [1.807, 2.05) is 24.3 Å². The molecule has 0 unspecified atom stereocenters. The minimum Gasteiger partial charge on any atom is -0.339 e. The first-order valence-corrected chi connectivity index (χ1v) is 9.84. The number of nitrogens with one attached hydrogen (secondary N) is 1. The summed E-state index contributed by atoms with van der Waals surface area (Å²) in [5, 5.41) is 3.33. The van der Waals surface area contributed by atoms with Crippen LogP contribution in [0.3, 0.4) is 0 Å². The molecule has 1 aromatic heterocycles. The highest BCUT2D eigenvalue weighted by Crippen LogP contribution is 2.21. The predicted octanol–water partition coefficient (Wildman–Crippen LogP) is 4.39. The zero-order valence-corrected chi connectivity index (χ0v) is 16.9. The van der Waals surface area contributed by atoms with Crippen molar-refractivity contribution in [3.05, 3.63) is 63.7 Å². The number of halogens is 2. The van der Waals surface area contributed by atoms with Crippen molar-refractivity contribution < 1.29 is 9.59 Å². The van der Waals surface area contributed by atoms with Crippen molar-refractivity contribution in [3.8, 4) is 0 Å². The van der Waals surface area contributed by atoms with Gasteiger partial charge >= 0.3 is 0 Å². The number of nitrogens with zero attached hydrogens (tertiary/aromatic N) is 2. The van der Waals surface area contributed by atoms with E-state index in [1.165, 1.54) is 6.20 Å². The third kappa shape index (κ3) is 5.40. The fraction of sp³-hybridized carbons (Fsp3) is 0.250. The minimum atomic E-state index is -0.126. The van der Waals surface area contributed by atoms with Gasteiger partial charge in [0.05, 0.1) is 5.02 Å². The summed E-state index contributed by atoms with van der Waals surface area (Å²) < 4.78 is 0.945. The lowest BCUT2D eigenvalue weighted by Crippen LogP contribution is -2.40. The Kier molecular flexibility index (Phi) is 6.63. The van der Waals surface area contributed by atoms with Crippen molar-refractivity contribution in [2.24, 2.45) is 5.92 Å². The first-order chi connectivity index (χ1) is 13.0. The molecular formula is C20H19BrClN3O2. The highest BCUT2D eigenvalue weighted by Gasteiger charge is 2.26. The van der Waals surface area contributed by atoms with Gasteiger partial charge in [0.1, 0.15) is 5.82 Å². The molecule has 2 aromatic rings. The van der Waals surface area contributed by atoms with E-state index in [2.05, 4.69) is 26.2 Å². The lowest BCUT2D eigenvalue weighted by atomic mass is 9.96. The third-order valence-electron chi connectivity index (χ3n) is 4.47. The number of amides is 2. The van der Waals surface area contributed by atoms with E-state index in [0.29, 0.717) is 36.8 Å². The Morgan fingerprint density at radius 2 is 1.93 bits per heavy atom. The van der Waals surface area contributed by atoms with E-state index in [4.69, 9.17) is 11.6 Å². The summed E-state index contributed by atoms with van der Waals surface area (Å²) in [6.07, 6.45) is 6.15. The molecule has 7 heteroatoms. The highest BCUT2D eigenvalue weighted by molar-refractivity contribution is 9.10. The molecular weight excluding hydrogens is 430 g/mol. The van der Waals surface area contributed by atoms with Crippen molar-refractivity contribution in [2.75, 3.05) is 18.4 Å². The fourth-order valence-electron chi connectivity index (χ4n) is 2.92. The van der Waals surface area contributed by atoms with Gasteiger partial charge in [0, 0.05) is 35.8 Å². The van der Waals surface area contributed by atoms with E-state index >= 15 is 0 Å². The molecule has 0 spiro atoms. The van der Waals surface area contributed by atoms with Crippen LogP contribution in [0.4, 0.5) is 5.82 Å². The largest absolute Gasteiger partial charge is 0.339 e. The molecule has 1 aliphatic heterocycles. The Hall–Kier alpha value is -2.18. The zero-order chi connectivity index (χ0) is 19.2. The first kappa shape index (κ1) is 19.6. The second-order valence-corrected chi connectivity index (χ2v) is 7.60. The van der Waals surface area contributed by atoms with Gasteiger partial charge in [-0.25, -0.2) is 4.98 Å². The Morgan fingerprint density at radius 3 is 2.59 bits per heavy atom. The molecule has 140 valence electrons. The molecule has 0 aliphatic carbocycles. The number of benzene rings is 1. The molecule has 0 bridgehead atoms. The summed E-state index contributed by atoms with van der Waals surface area (Å²) in [5.74, 6) is 0.253. The molecule has 3 rings (SSSR count). The average molecular weight is 449 g/mol. The number of anilines is 1. The van der Waals surface area contributed by atoms with Crippen molar-refractivity contribution in [1.29, 1.82) is 0 Å². The van der Waals surface area contributed by atoms with Gasteiger partial charge in [-0.15, -0.1) is 0 Å². The first-order valence-electron chi connectivity index (χ1n) is 8.67. The lowest BCUT2D eigenvalue weighted by Gasteiger charge is -2.30. The van der Waals surface area contributed by atoms with Crippen molar-refractivity contribution in [1.82, 2.24) is 9.88 Å². The van der Waals surface area contributed by atoms with Crippen LogP contribution in [-0.2, 0) is 9.59 Å². The minimum absolute atomic E-state index is 0.0380. The van der Waals surface area contributed by atoms with Gasteiger partial charge in [0.25, 0.3) is 0 Å². The Bertz CT molecular complexity index is 847. The van der Waals surface area contributed by atoms with Crippen LogP contribution in [0.25, 0.3) is 6.08 Å². The van der Waals surface area contributed by atoms with Gasteiger partial charge in [0.15, 0.2) is 0 Å². The SMILES string of the molecule is O=C(Nc1ccc(Cl)cn1)C1CCN(C(=O)C=Cc2ccccc2Br)CC1. The molecule has 2 heterocycles. The third-order valence-corrected chi connectivity index (χ3v) is 5.41. The predicted molar refractivity (Wildman–Crippen MR) is 110 cm³/mol. The Morgan fingerprint density at radius 1 is 1.19 bits per heavy atom. The summed E-state index contributed by atoms with van der Waals surface area (Å²) in [5.41, 5.74) is 0.954. The molecule has 5 nitrogen and oxygen atoms in total. The molecule has 1 aliphatic rings. The van der Waals surface area contributed by atoms with E-state index < -0.39 is 0 Å². The molecule has 1 fully saturated rings. The average Bonchev–Trinajstić information content (AvgIpc) is 2.69. The van der Waals surface area contributed by atoms with E-state index in [0.717, 1.165) is 10.0 Å². The Labute approximate surface area is 171 Å². The number of likely N-dealkylation sites (tertiary alicyclic amines) is 1. The van der Waals surface area contributed by atoms with E-state index in [-0.39, 0.29) is 17.7 Å². The fourth-order valence-corrected chi connectivity index (χ4v) is 3.45. The van der Waals surface area contributed by atoms with E-state index in [9.17, 15) is 9.59 Å². The van der Waals surface area contributed by atoms with Gasteiger partial charge < -0.3 is 10.2 Å². The number of carbonyl (C=O) groups is 2. The van der Waals surface area contributed by atoms with Gasteiger partial charge in [0.2, 0.25) is 11.8 Å². The van der Waals surface area contributed by atoms with Crippen LogP contribution in [0.1, 0.15) is 18.4 Å². The summed E-state index contributed by atoms with van der Waals surface area (Å²) in [4.78, 5) is 30.6. The smallest absolute Gasteiger partial charge is 0.246 e. The van der Waals surface area contributed by atoms with Crippen molar-refractivity contribution >= 4 is 51.2 Å². The Balaban J connectivity index is 1.50. The number of piperidine rings is 1. The molecule has 0 radical (unpaired) electrons. The number of hydrogen-bond acceptors (Lipinski definition) is 3. The van der Waals surface area contributed by atoms with Gasteiger partial charge in [-0.3, -0.25) is 9.59 Å². The van der Waals surface area contributed by atoms with Crippen LogP contribution in [-0.4, -0.2) is 34.8 Å². The maximum atomic E-state index is 12.4. The quantitative estimate of drug-likeness (QED) is 0.706. The molecule has 1 N–H and O–H groups in total. The molecule has 2 amide bonds. The molecule has 1 aromatic carbocycles. The standard InChI is InChI=1S/C20H19BrClN3O2/c21-17-4-2-1-3-14(17)5-8-19(26)25-11-9-15(10-12-25)20(27)24-18-7-6-16(22)13-23-18/h1-8,13,15H,9-12H2,(H,23,24,27). The van der Waals surface area contributed by atoms with Crippen LogP contribution in [0.2, 0.25) is 5.02 Å². The summed E-state index contributed by atoms with van der Waals surface area (Å²) >= 11 is 9.26. The van der Waals surface area contributed by atoms with Gasteiger partial charge in [-0.1, -0.05) is 45.7 Å². The summed E-state index contributed by atoms with van der Waals surface area (Å²) in [6, 6.07) is 11.1. The van der Waals surface area contributed by atoms with Gasteiger partial charge in [-0.2, -0.15) is 0 Å². The molecule has 0 saturated carbocycles. The number of pyridine rings is 1. The van der Waals surface area contributed by atoms with Crippen molar-refractivity contribution in [2.45, 2.75) is 12.8 Å². The summed E-state index contributed by atoms with van der Waals surface area (Å²) in [6.45, 7) is 1.12. The number of aromatic nitrogens is 1. The maximum Gasteiger partial charge on any atom is 0.246 e. The van der Waals surface area contributed by atoms with Crippen LogP contribution in [0.15, 0.2) is 53.1 Å².